The number of aliphatic hydroxyl groups excluding tert-OH is 1. The summed E-state index contributed by atoms with van der Waals surface area (Å²) in [6.45, 7) is 7.06. The standard InChI is InChI=1S/C24H25FN2O4/c1-4-9-31-24(30)26-22-11-16(3)15(2)10-21(22)23(29)27-13-18(12-20(27)14-28)17-5-7-19(25)8-6-17/h4-8,10-11,13,20,28H,1,9,12,14H2,2-3H3,(H,26,30)/t20-/m0/s1. The number of carbonyl (C=O) groups is 2. The molecule has 2 aromatic rings. The Hall–Kier alpha value is -3.45. The fourth-order valence-corrected chi connectivity index (χ4v) is 3.43. The third-order valence-electron chi connectivity index (χ3n) is 5.24. The maximum Gasteiger partial charge on any atom is 0.411 e. The highest BCUT2D eigenvalue weighted by Crippen LogP contribution is 2.32. The lowest BCUT2D eigenvalue weighted by Gasteiger charge is -2.23. The lowest BCUT2D eigenvalue weighted by molar-refractivity contribution is 0.0733. The maximum absolute atomic E-state index is 13.4. The highest BCUT2D eigenvalue weighted by molar-refractivity contribution is 6.04. The number of aliphatic hydroxyl groups is 1. The minimum atomic E-state index is -0.695. The fraction of sp³-hybridized carbons (Fsp3) is 0.250. The van der Waals surface area contributed by atoms with Gasteiger partial charge in [-0.2, -0.15) is 0 Å². The number of anilines is 1. The van der Waals surface area contributed by atoms with Crippen LogP contribution in [0.25, 0.3) is 5.57 Å². The van der Waals surface area contributed by atoms with Crippen molar-refractivity contribution in [3.05, 3.63) is 83.3 Å². The summed E-state index contributed by atoms with van der Waals surface area (Å²) in [6, 6.07) is 8.95. The summed E-state index contributed by atoms with van der Waals surface area (Å²) in [5.41, 5.74) is 3.99. The Morgan fingerprint density at radius 3 is 2.58 bits per heavy atom. The Labute approximate surface area is 180 Å². The van der Waals surface area contributed by atoms with Gasteiger partial charge in [0.05, 0.1) is 23.9 Å². The van der Waals surface area contributed by atoms with Gasteiger partial charge in [0, 0.05) is 6.20 Å². The lowest BCUT2D eigenvalue weighted by atomic mass is 10.0. The quantitative estimate of drug-likeness (QED) is 0.673. The van der Waals surface area contributed by atoms with Gasteiger partial charge < -0.3 is 14.7 Å². The molecule has 1 atom stereocenters. The van der Waals surface area contributed by atoms with E-state index >= 15 is 0 Å². The SMILES string of the molecule is C=CCOC(=O)Nc1cc(C)c(C)cc1C(=O)N1C=C(c2ccc(F)cc2)C[C@H]1CO. The smallest absolute Gasteiger partial charge is 0.411 e. The first-order valence-electron chi connectivity index (χ1n) is 9.90. The zero-order valence-corrected chi connectivity index (χ0v) is 17.5. The molecule has 1 aliphatic heterocycles. The van der Waals surface area contributed by atoms with Crippen LogP contribution in [0.4, 0.5) is 14.9 Å². The highest BCUT2D eigenvalue weighted by atomic mass is 19.1. The molecule has 31 heavy (non-hydrogen) atoms. The largest absolute Gasteiger partial charge is 0.445 e. The first-order chi connectivity index (χ1) is 14.8. The predicted molar refractivity (Wildman–Crippen MR) is 117 cm³/mol. The molecule has 1 heterocycles. The first-order valence-corrected chi connectivity index (χ1v) is 9.90. The fourth-order valence-electron chi connectivity index (χ4n) is 3.43. The number of ether oxygens (including phenoxy) is 1. The van der Waals surface area contributed by atoms with Crippen LogP contribution in [0.5, 0.6) is 0 Å². The number of benzene rings is 2. The van der Waals surface area contributed by atoms with E-state index < -0.39 is 12.1 Å². The number of hydrogen-bond donors (Lipinski definition) is 2. The molecular weight excluding hydrogens is 399 g/mol. The Balaban J connectivity index is 1.94. The molecule has 0 radical (unpaired) electrons. The van der Waals surface area contributed by atoms with Gasteiger partial charge in [0.25, 0.3) is 5.91 Å². The summed E-state index contributed by atoms with van der Waals surface area (Å²) in [4.78, 5) is 27.0. The average molecular weight is 424 g/mol. The third-order valence-corrected chi connectivity index (χ3v) is 5.24. The van der Waals surface area contributed by atoms with Crippen molar-refractivity contribution >= 4 is 23.3 Å². The zero-order chi connectivity index (χ0) is 22.5. The lowest BCUT2D eigenvalue weighted by Crippen LogP contribution is -2.36. The zero-order valence-electron chi connectivity index (χ0n) is 17.5. The molecule has 2 amide bonds. The van der Waals surface area contributed by atoms with Gasteiger partial charge in [0.15, 0.2) is 0 Å². The summed E-state index contributed by atoms with van der Waals surface area (Å²) in [5, 5.41) is 12.5. The second-order valence-corrected chi connectivity index (χ2v) is 7.41. The van der Waals surface area contributed by atoms with Crippen molar-refractivity contribution in [3.63, 3.8) is 0 Å². The second kappa shape index (κ2) is 9.57. The van der Waals surface area contributed by atoms with E-state index in [1.807, 2.05) is 13.8 Å². The average Bonchev–Trinajstić information content (AvgIpc) is 3.19. The molecule has 0 aromatic heterocycles. The number of nitrogens with one attached hydrogen (secondary N) is 1. The van der Waals surface area contributed by atoms with Gasteiger partial charge in [-0.15, -0.1) is 0 Å². The van der Waals surface area contributed by atoms with Crippen molar-refractivity contribution in [3.8, 4) is 0 Å². The van der Waals surface area contributed by atoms with E-state index in [1.165, 1.54) is 23.1 Å². The van der Waals surface area contributed by atoms with Gasteiger partial charge >= 0.3 is 6.09 Å². The van der Waals surface area contributed by atoms with Gasteiger partial charge in [-0.3, -0.25) is 10.1 Å². The minimum absolute atomic E-state index is 0.0441. The molecule has 3 rings (SSSR count). The molecule has 0 saturated heterocycles. The van der Waals surface area contributed by atoms with Crippen molar-refractivity contribution in [2.45, 2.75) is 26.3 Å². The van der Waals surface area contributed by atoms with E-state index in [9.17, 15) is 19.1 Å². The molecule has 0 unspecified atom stereocenters. The summed E-state index contributed by atoms with van der Waals surface area (Å²) >= 11 is 0. The molecule has 162 valence electrons. The van der Waals surface area contributed by atoms with E-state index in [4.69, 9.17) is 4.74 Å². The van der Waals surface area contributed by atoms with E-state index in [2.05, 4.69) is 11.9 Å². The van der Waals surface area contributed by atoms with Crippen LogP contribution in [-0.4, -0.2) is 41.3 Å². The number of rotatable bonds is 6. The number of aryl methyl sites for hydroxylation is 2. The maximum atomic E-state index is 13.4. The number of carbonyl (C=O) groups excluding carboxylic acids is 2. The van der Waals surface area contributed by atoms with Crippen molar-refractivity contribution < 1.29 is 23.8 Å². The van der Waals surface area contributed by atoms with Gasteiger partial charge in [0.1, 0.15) is 12.4 Å². The Bertz CT molecular complexity index is 1030. The monoisotopic (exact) mass is 424 g/mol. The minimum Gasteiger partial charge on any atom is -0.445 e. The van der Waals surface area contributed by atoms with Gasteiger partial charge in [0.2, 0.25) is 0 Å². The topological polar surface area (TPSA) is 78.9 Å². The molecule has 7 heteroatoms. The van der Waals surface area contributed by atoms with Crippen molar-refractivity contribution in [2.24, 2.45) is 0 Å². The number of hydrogen-bond acceptors (Lipinski definition) is 4. The van der Waals surface area contributed by atoms with Crippen molar-refractivity contribution in [2.75, 3.05) is 18.5 Å². The van der Waals surface area contributed by atoms with Gasteiger partial charge in [-0.25, -0.2) is 9.18 Å². The van der Waals surface area contributed by atoms with E-state index in [0.29, 0.717) is 12.1 Å². The van der Waals surface area contributed by atoms with E-state index in [-0.39, 0.29) is 30.5 Å². The van der Waals surface area contributed by atoms with Crippen molar-refractivity contribution in [1.82, 2.24) is 4.90 Å². The molecule has 0 spiro atoms. The van der Waals surface area contributed by atoms with Crippen LogP contribution in [0, 0.1) is 19.7 Å². The van der Waals surface area contributed by atoms with Gasteiger partial charge in [-0.1, -0.05) is 24.8 Å². The molecule has 0 bridgehead atoms. The highest BCUT2D eigenvalue weighted by Gasteiger charge is 2.31. The summed E-state index contributed by atoms with van der Waals surface area (Å²) < 4.78 is 18.2. The molecule has 2 aromatic carbocycles. The normalized spacial score (nSPS) is 15.4. The number of halogens is 1. The summed E-state index contributed by atoms with van der Waals surface area (Å²) in [7, 11) is 0. The van der Waals surface area contributed by atoms with Crippen LogP contribution in [0.15, 0.2) is 55.3 Å². The first kappa shape index (κ1) is 22.2. The van der Waals surface area contributed by atoms with E-state index in [1.54, 1.807) is 30.5 Å². The van der Waals surface area contributed by atoms with Crippen LogP contribution in [0.3, 0.4) is 0 Å². The molecule has 1 aliphatic rings. The molecule has 0 fully saturated rings. The van der Waals surface area contributed by atoms with Crippen LogP contribution in [-0.2, 0) is 4.74 Å². The van der Waals surface area contributed by atoms with E-state index in [0.717, 1.165) is 22.3 Å². The molecule has 0 aliphatic carbocycles. The van der Waals surface area contributed by atoms with Crippen LogP contribution in [0.2, 0.25) is 0 Å². The Kier molecular flexibility index (Phi) is 6.87. The Morgan fingerprint density at radius 2 is 1.94 bits per heavy atom. The Morgan fingerprint density at radius 1 is 1.26 bits per heavy atom. The molecule has 0 saturated carbocycles. The van der Waals surface area contributed by atoms with Gasteiger partial charge in [-0.05, 0) is 66.8 Å². The summed E-state index contributed by atoms with van der Waals surface area (Å²) in [5.74, 6) is -0.707. The van der Waals surface area contributed by atoms with Crippen LogP contribution < -0.4 is 5.32 Å². The predicted octanol–water partition coefficient (Wildman–Crippen LogP) is 4.42. The van der Waals surface area contributed by atoms with Crippen LogP contribution >= 0.6 is 0 Å². The third kappa shape index (κ3) is 5.00. The summed E-state index contributed by atoms with van der Waals surface area (Å²) in [6.07, 6.45) is 2.86. The molecule has 6 nitrogen and oxygen atoms in total. The number of nitrogens with zero attached hydrogens (tertiary/aromatic N) is 1. The van der Waals surface area contributed by atoms with Crippen LogP contribution in [0.1, 0.15) is 33.5 Å². The number of amides is 2. The second-order valence-electron chi connectivity index (χ2n) is 7.41. The molecular formula is C24H25FN2O4. The molecule has 2 N–H and O–H groups in total. The van der Waals surface area contributed by atoms with Crippen molar-refractivity contribution in [1.29, 1.82) is 0 Å².